The summed E-state index contributed by atoms with van der Waals surface area (Å²) in [6.45, 7) is 5.40. The van der Waals surface area contributed by atoms with Gasteiger partial charge in [0.25, 0.3) is 0 Å². The van der Waals surface area contributed by atoms with Gasteiger partial charge in [0.05, 0.1) is 11.9 Å². The van der Waals surface area contributed by atoms with Crippen molar-refractivity contribution in [3.05, 3.63) is 24.3 Å². The van der Waals surface area contributed by atoms with Crippen LogP contribution in [0.3, 0.4) is 0 Å². The molecular weight excluding hydrogens is 328 g/mol. The summed E-state index contributed by atoms with van der Waals surface area (Å²) < 4.78 is 2.05. The number of fused-ring (bicyclic) bond motifs is 1. The third-order valence-electron chi connectivity index (χ3n) is 5.45. The number of amides is 1. The van der Waals surface area contributed by atoms with Crippen molar-refractivity contribution in [2.45, 2.75) is 58.5 Å². The Balaban J connectivity index is 1.52. The number of aromatic nitrogens is 4. The number of hydrogen-bond acceptors (Lipinski definition) is 5. The fourth-order valence-corrected chi connectivity index (χ4v) is 4.13. The molecule has 0 unspecified atom stereocenters. The second kappa shape index (κ2) is 6.46. The van der Waals surface area contributed by atoms with E-state index >= 15 is 0 Å². The zero-order valence-electron chi connectivity index (χ0n) is 15.4. The third kappa shape index (κ3) is 3.35. The van der Waals surface area contributed by atoms with Crippen molar-refractivity contribution in [3.63, 3.8) is 0 Å². The zero-order valence-corrected chi connectivity index (χ0v) is 15.4. The van der Waals surface area contributed by atoms with Gasteiger partial charge in [-0.1, -0.05) is 20.3 Å². The number of hydrogen-bond donors (Lipinski definition) is 2. The van der Waals surface area contributed by atoms with Gasteiger partial charge in [0.1, 0.15) is 12.1 Å². The topological polar surface area (TPSA) is 98.7 Å². The van der Waals surface area contributed by atoms with E-state index in [0.29, 0.717) is 5.82 Å². The van der Waals surface area contributed by atoms with Crippen molar-refractivity contribution < 1.29 is 4.79 Å². The predicted octanol–water partition coefficient (Wildman–Crippen LogP) is 2.38. The molecule has 1 saturated carbocycles. The average molecular weight is 354 g/mol. The first-order valence-corrected chi connectivity index (χ1v) is 9.35. The van der Waals surface area contributed by atoms with Crippen molar-refractivity contribution in [3.8, 4) is 11.3 Å². The van der Waals surface area contributed by atoms with Crippen LogP contribution in [-0.4, -0.2) is 31.7 Å². The summed E-state index contributed by atoms with van der Waals surface area (Å²) in [5, 5.41) is 7.44. The van der Waals surface area contributed by atoms with Gasteiger partial charge in [0.2, 0.25) is 5.91 Å². The van der Waals surface area contributed by atoms with E-state index in [9.17, 15) is 4.79 Å². The maximum atomic E-state index is 12.5. The minimum Gasteiger partial charge on any atom is -0.328 e. The van der Waals surface area contributed by atoms with E-state index in [2.05, 4.69) is 38.9 Å². The van der Waals surface area contributed by atoms with Crippen LogP contribution in [0.25, 0.3) is 11.3 Å². The lowest BCUT2D eigenvalue weighted by Crippen LogP contribution is -2.34. The van der Waals surface area contributed by atoms with Crippen molar-refractivity contribution >= 4 is 11.7 Å². The first-order chi connectivity index (χ1) is 12.4. The highest BCUT2D eigenvalue weighted by molar-refractivity contribution is 5.92. The second-order valence-corrected chi connectivity index (χ2v) is 8.40. The molecule has 4 rings (SSSR count). The van der Waals surface area contributed by atoms with Crippen LogP contribution in [0, 0.1) is 11.3 Å². The van der Waals surface area contributed by atoms with E-state index in [0.717, 1.165) is 49.9 Å². The van der Waals surface area contributed by atoms with Gasteiger partial charge in [-0.2, -0.15) is 5.10 Å². The summed E-state index contributed by atoms with van der Waals surface area (Å²) in [7, 11) is 0. The van der Waals surface area contributed by atoms with E-state index in [4.69, 9.17) is 5.73 Å². The number of nitrogens with two attached hydrogens (primary N) is 1. The molecule has 1 aliphatic carbocycles. The van der Waals surface area contributed by atoms with Gasteiger partial charge in [-0.15, -0.1) is 0 Å². The fourth-order valence-electron chi connectivity index (χ4n) is 4.13. The summed E-state index contributed by atoms with van der Waals surface area (Å²) in [5.74, 6) is 0.515. The van der Waals surface area contributed by atoms with Crippen LogP contribution in [0.2, 0.25) is 0 Å². The van der Waals surface area contributed by atoms with E-state index in [-0.39, 0.29) is 23.3 Å². The molecule has 2 aliphatic rings. The van der Waals surface area contributed by atoms with Gasteiger partial charge in [-0.25, -0.2) is 9.97 Å². The highest BCUT2D eigenvalue weighted by atomic mass is 16.1. The van der Waals surface area contributed by atoms with E-state index in [1.54, 1.807) is 0 Å². The largest absolute Gasteiger partial charge is 0.328 e. The Labute approximate surface area is 153 Å². The van der Waals surface area contributed by atoms with Crippen molar-refractivity contribution in [1.82, 2.24) is 19.7 Å². The highest BCUT2D eigenvalue weighted by Gasteiger charge is 2.32. The predicted molar refractivity (Wildman–Crippen MR) is 99.3 cm³/mol. The molecule has 138 valence electrons. The van der Waals surface area contributed by atoms with Crippen molar-refractivity contribution in [2.24, 2.45) is 17.1 Å². The summed E-state index contributed by atoms with van der Waals surface area (Å²) >= 11 is 0. The van der Waals surface area contributed by atoms with Gasteiger partial charge >= 0.3 is 0 Å². The SMILES string of the molecule is CC1(C)Cc2c(-c3cc(NC(=O)[C@@H]4CCC[C@H](N)C4)ncn3)cnn2C1. The number of nitrogens with one attached hydrogen (secondary N) is 1. The monoisotopic (exact) mass is 354 g/mol. The van der Waals surface area contributed by atoms with Crippen LogP contribution >= 0.6 is 0 Å². The molecule has 0 aromatic carbocycles. The zero-order chi connectivity index (χ0) is 18.3. The molecule has 0 spiro atoms. The normalized spacial score (nSPS) is 24.3. The van der Waals surface area contributed by atoms with Crippen molar-refractivity contribution in [2.75, 3.05) is 5.32 Å². The van der Waals surface area contributed by atoms with Gasteiger partial charge in [-0.05, 0) is 31.1 Å². The molecule has 26 heavy (non-hydrogen) atoms. The third-order valence-corrected chi connectivity index (χ3v) is 5.45. The molecule has 1 amide bonds. The Bertz CT molecular complexity index is 827. The first-order valence-electron chi connectivity index (χ1n) is 9.35. The number of nitrogens with zero attached hydrogens (tertiary/aromatic N) is 4. The standard InChI is InChI=1S/C19H26N6O/c1-19(2)8-16-14(9-23-25(16)10-19)15-7-17(22-11-21-15)24-18(26)12-4-3-5-13(20)6-12/h7,9,11-13H,3-6,8,10,20H2,1-2H3,(H,21,22,24,26)/t12-,13+/m1/s1. The molecule has 0 radical (unpaired) electrons. The van der Waals surface area contributed by atoms with E-state index < -0.39 is 0 Å². The van der Waals surface area contributed by atoms with Crippen LogP contribution in [0.1, 0.15) is 45.2 Å². The number of carbonyl (C=O) groups is 1. The summed E-state index contributed by atoms with van der Waals surface area (Å²) in [6.07, 6.45) is 7.98. The second-order valence-electron chi connectivity index (χ2n) is 8.40. The summed E-state index contributed by atoms with van der Waals surface area (Å²) in [6, 6.07) is 1.96. The Morgan fingerprint density at radius 1 is 1.35 bits per heavy atom. The molecule has 3 heterocycles. The molecule has 2 aromatic heterocycles. The molecule has 2 atom stereocenters. The van der Waals surface area contributed by atoms with E-state index in [1.807, 2.05) is 12.3 Å². The summed E-state index contributed by atoms with van der Waals surface area (Å²) in [5.41, 5.74) is 9.23. The van der Waals surface area contributed by atoms with Crippen LogP contribution in [0.4, 0.5) is 5.82 Å². The molecule has 0 bridgehead atoms. The quantitative estimate of drug-likeness (QED) is 0.882. The Kier molecular flexibility index (Phi) is 4.26. The highest BCUT2D eigenvalue weighted by Crippen LogP contribution is 2.36. The molecule has 7 nitrogen and oxygen atoms in total. The van der Waals surface area contributed by atoms with Crippen LogP contribution < -0.4 is 11.1 Å². The lowest BCUT2D eigenvalue weighted by Gasteiger charge is -2.25. The first kappa shape index (κ1) is 17.1. The average Bonchev–Trinajstić information content (AvgIpc) is 3.10. The van der Waals surface area contributed by atoms with Crippen LogP contribution in [-0.2, 0) is 17.8 Å². The molecular formula is C19H26N6O. The van der Waals surface area contributed by atoms with E-state index in [1.165, 1.54) is 12.0 Å². The van der Waals surface area contributed by atoms with Gasteiger partial charge in [-0.3, -0.25) is 9.48 Å². The number of rotatable bonds is 3. The molecule has 1 aliphatic heterocycles. The minimum absolute atomic E-state index is 0.00571. The molecule has 3 N–H and O–H groups in total. The molecule has 1 fully saturated rings. The smallest absolute Gasteiger partial charge is 0.228 e. The lowest BCUT2D eigenvalue weighted by atomic mass is 9.85. The lowest BCUT2D eigenvalue weighted by molar-refractivity contribution is -0.120. The Hall–Kier alpha value is -2.28. The van der Waals surface area contributed by atoms with Crippen molar-refractivity contribution in [1.29, 1.82) is 0 Å². The number of anilines is 1. The Morgan fingerprint density at radius 2 is 2.19 bits per heavy atom. The van der Waals surface area contributed by atoms with Gasteiger partial charge in [0, 0.05) is 35.8 Å². The molecule has 0 saturated heterocycles. The van der Waals surface area contributed by atoms with Crippen LogP contribution in [0.5, 0.6) is 0 Å². The van der Waals surface area contributed by atoms with Gasteiger partial charge in [0.15, 0.2) is 0 Å². The molecule has 2 aromatic rings. The minimum atomic E-state index is -0.0293. The maximum Gasteiger partial charge on any atom is 0.228 e. The summed E-state index contributed by atoms with van der Waals surface area (Å²) in [4.78, 5) is 21.2. The fraction of sp³-hybridized carbons (Fsp3) is 0.579. The Morgan fingerprint density at radius 3 is 3.00 bits per heavy atom. The number of carbonyl (C=O) groups excluding carboxylic acids is 1. The van der Waals surface area contributed by atoms with Crippen LogP contribution in [0.15, 0.2) is 18.6 Å². The maximum absolute atomic E-state index is 12.5. The van der Waals surface area contributed by atoms with Gasteiger partial charge < -0.3 is 11.1 Å². The molecule has 7 heteroatoms.